The van der Waals surface area contributed by atoms with E-state index in [0.29, 0.717) is 38.3 Å². The van der Waals surface area contributed by atoms with Gasteiger partial charge in [-0.2, -0.15) is 5.10 Å². The Morgan fingerprint density at radius 3 is 2.69 bits per heavy atom. The summed E-state index contributed by atoms with van der Waals surface area (Å²) in [6, 6.07) is 19.1. The van der Waals surface area contributed by atoms with Crippen LogP contribution in [0.1, 0.15) is 18.4 Å². The third kappa shape index (κ3) is 4.37. The fourth-order valence-corrected chi connectivity index (χ4v) is 4.17. The van der Waals surface area contributed by atoms with Gasteiger partial charge in [-0.05, 0) is 23.8 Å². The van der Waals surface area contributed by atoms with Gasteiger partial charge in [0.1, 0.15) is 5.54 Å². The number of carbonyl (C=O) groups is 1. The van der Waals surface area contributed by atoms with Gasteiger partial charge in [0.25, 0.3) is 0 Å². The Morgan fingerprint density at radius 1 is 1.22 bits per heavy atom. The summed E-state index contributed by atoms with van der Waals surface area (Å²) in [4.78, 5) is 15.3. The molecule has 1 aromatic heterocycles. The smallest absolute Gasteiger partial charge is 0.246 e. The molecule has 0 bridgehead atoms. The third-order valence-electron chi connectivity index (χ3n) is 5.83. The molecule has 2 aromatic carbocycles. The van der Waals surface area contributed by atoms with E-state index in [-0.39, 0.29) is 5.91 Å². The van der Waals surface area contributed by atoms with Crippen molar-refractivity contribution in [1.29, 1.82) is 0 Å². The molecule has 1 atom stereocenters. The van der Waals surface area contributed by atoms with E-state index in [2.05, 4.69) is 21.4 Å². The molecule has 4 rings (SSSR count). The molecule has 1 unspecified atom stereocenters. The number of amides is 1. The fourth-order valence-electron chi connectivity index (χ4n) is 4.17. The van der Waals surface area contributed by atoms with Gasteiger partial charge in [0.05, 0.1) is 5.69 Å². The first-order chi connectivity index (χ1) is 15.6. The van der Waals surface area contributed by atoms with E-state index in [1.165, 1.54) is 0 Å². The van der Waals surface area contributed by atoms with E-state index in [0.717, 1.165) is 16.8 Å². The first kappa shape index (κ1) is 21.6. The number of hydrogen-bond donors (Lipinski definition) is 3. The van der Waals surface area contributed by atoms with E-state index >= 15 is 0 Å². The molecule has 1 saturated heterocycles. The molecule has 1 aliphatic heterocycles. The van der Waals surface area contributed by atoms with Gasteiger partial charge in [-0.1, -0.05) is 48.4 Å². The van der Waals surface area contributed by atoms with Crippen LogP contribution in [0.4, 0.5) is 5.69 Å². The predicted octanol–water partition coefficient (Wildman–Crippen LogP) is 2.70. The molecule has 1 fully saturated rings. The van der Waals surface area contributed by atoms with Gasteiger partial charge in [0, 0.05) is 50.0 Å². The lowest BCUT2D eigenvalue weighted by atomic mass is 9.85. The molecular weight excluding hydrogens is 404 g/mol. The van der Waals surface area contributed by atoms with Crippen molar-refractivity contribution in [1.82, 2.24) is 15.5 Å². The molecule has 0 saturated carbocycles. The van der Waals surface area contributed by atoms with Crippen molar-refractivity contribution in [3.8, 4) is 23.6 Å². The number of ether oxygens (including phenoxy) is 1. The zero-order valence-corrected chi connectivity index (χ0v) is 17.7. The first-order valence-corrected chi connectivity index (χ1v) is 10.6. The van der Waals surface area contributed by atoms with Crippen molar-refractivity contribution >= 4 is 11.6 Å². The highest BCUT2D eigenvalue weighted by atomic mass is 16.5. The van der Waals surface area contributed by atoms with Gasteiger partial charge < -0.3 is 20.1 Å². The van der Waals surface area contributed by atoms with Crippen LogP contribution in [0.15, 0.2) is 66.9 Å². The molecule has 32 heavy (non-hydrogen) atoms. The quantitative estimate of drug-likeness (QED) is 0.396. The normalized spacial score (nSPS) is 16.0. The van der Waals surface area contributed by atoms with Crippen molar-refractivity contribution < 1.29 is 14.6 Å². The molecule has 164 valence electrons. The molecule has 3 aromatic rings. The third-order valence-corrected chi connectivity index (χ3v) is 5.83. The Morgan fingerprint density at radius 2 is 2.00 bits per heavy atom. The van der Waals surface area contributed by atoms with Crippen molar-refractivity contribution in [2.45, 2.75) is 31.2 Å². The van der Waals surface area contributed by atoms with Gasteiger partial charge in [-0.3, -0.25) is 9.89 Å². The Labute approximate surface area is 187 Å². The minimum atomic E-state index is -1.28. The highest BCUT2D eigenvalue weighted by molar-refractivity contribution is 5.91. The largest absolute Gasteiger partial charge is 0.381 e. The summed E-state index contributed by atoms with van der Waals surface area (Å²) >= 11 is 0. The lowest BCUT2D eigenvalue weighted by molar-refractivity contribution is -0.131. The summed E-state index contributed by atoms with van der Waals surface area (Å²) in [6.45, 7) is 1.18. The second-order valence-corrected chi connectivity index (χ2v) is 7.74. The van der Waals surface area contributed by atoms with Gasteiger partial charge in [-0.25, -0.2) is 0 Å². The van der Waals surface area contributed by atoms with Crippen LogP contribution in [0.5, 0.6) is 0 Å². The monoisotopic (exact) mass is 430 g/mol. The molecule has 7 heteroatoms. The maximum absolute atomic E-state index is 13.6. The number of aromatic amines is 1. The predicted molar refractivity (Wildman–Crippen MR) is 122 cm³/mol. The number of anilines is 1. The van der Waals surface area contributed by atoms with Crippen molar-refractivity contribution in [2.24, 2.45) is 0 Å². The summed E-state index contributed by atoms with van der Waals surface area (Å²) in [5.74, 6) is 2.22. The van der Waals surface area contributed by atoms with Crippen molar-refractivity contribution in [3.05, 3.63) is 72.4 Å². The number of terminal acetylenes is 1. The molecule has 3 N–H and O–H groups in total. The standard InChI is InChI=1S/C25H26N4O3/c1-2-23(30)29(21-10-6-9-20(17-21)22-11-14-27-28-22)25(12-15-32-16-13-25)24(31)26-18-19-7-4-3-5-8-19/h1,3-11,14,17,23,30H,12-13,15-16,18H2,(H,26,31)(H,27,28). The molecular formula is C25H26N4O3. The number of carbonyl (C=O) groups excluding carboxylic acids is 1. The zero-order chi connectivity index (χ0) is 22.4. The maximum atomic E-state index is 13.6. The molecule has 7 nitrogen and oxygen atoms in total. The number of H-pyrrole nitrogens is 1. The summed E-state index contributed by atoms with van der Waals surface area (Å²) < 4.78 is 5.57. The minimum absolute atomic E-state index is 0.189. The maximum Gasteiger partial charge on any atom is 0.246 e. The van der Waals surface area contributed by atoms with E-state index in [1.807, 2.05) is 60.7 Å². The van der Waals surface area contributed by atoms with Crippen LogP contribution < -0.4 is 10.2 Å². The fraction of sp³-hybridized carbons (Fsp3) is 0.280. The number of nitrogens with one attached hydrogen (secondary N) is 2. The van der Waals surface area contributed by atoms with Crippen LogP contribution >= 0.6 is 0 Å². The topological polar surface area (TPSA) is 90.5 Å². The Bertz CT molecular complexity index is 1070. The lowest BCUT2D eigenvalue weighted by Crippen LogP contribution is -2.64. The lowest BCUT2D eigenvalue weighted by Gasteiger charge is -2.47. The molecule has 1 aliphatic rings. The van der Waals surface area contributed by atoms with E-state index in [1.54, 1.807) is 11.1 Å². The van der Waals surface area contributed by atoms with Crippen LogP contribution in [0.25, 0.3) is 11.3 Å². The second-order valence-electron chi connectivity index (χ2n) is 7.74. The minimum Gasteiger partial charge on any atom is -0.381 e. The van der Waals surface area contributed by atoms with E-state index in [9.17, 15) is 9.90 Å². The number of benzene rings is 2. The molecule has 0 aliphatic carbocycles. The van der Waals surface area contributed by atoms with Crippen LogP contribution in [0.2, 0.25) is 0 Å². The highest BCUT2D eigenvalue weighted by Gasteiger charge is 2.47. The summed E-state index contributed by atoms with van der Waals surface area (Å²) in [5.41, 5.74) is 2.30. The van der Waals surface area contributed by atoms with Gasteiger partial charge in [-0.15, -0.1) is 6.42 Å². The van der Waals surface area contributed by atoms with Gasteiger partial charge in [0.15, 0.2) is 6.23 Å². The first-order valence-electron chi connectivity index (χ1n) is 10.6. The van der Waals surface area contributed by atoms with Crippen LogP contribution in [0.3, 0.4) is 0 Å². The summed E-state index contributed by atoms with van der Waals surface area (Å²) in [5, 5.41) is 20.9. The van der Waals surface area contributed by atoms with E-state index < -0.39 is 11.8 Å². The number of aliphatic hydroxyl groups excluding tert-OH is 1. The van der Waals surface area contributed by atoms with Gasteiger partial charge in [0.2, 0.25) is 5.91 Å². The number of aliphatic hydroxyl groups is 1. The van der Waals surface area contributed by atoms with Crippen LogP contribution in [-0.4, -0.2) is 46.2 Å². The average Bonchev–Trinajstić information content (AvgIpc) is 3.39. The SMILES string of the molecule is C#CC(O)N(c1cccc(-c2ccn[nH]2)c1)C1(C(=O)NCc2ccccc2)CCOCC1. The molecule has 1 amide bonds. The van der Waals surface area contributed by atoms with Crippen LogP contribution in [0, 0.1) is 12.3 Å². The van der Waals surface area contributed by atoms with Gasteiger partial charge >= 0.3 is 0 Å². The highest BCUT2D eigenvalue weighted by Crippen LogP contribution is 2.36. The number of aromatic nitrogens is 2. The molecule has 2 heterocycles. The Balaban J connectivity index is 1.70. The average molecular weight is 431 g/mol. The number of rotatable bonds is 7. The van der Waals surface area contributed by atoms with Crippen molar-refractivity contribution in [3.63, 3.8) is 0 Å². The summed E-state index contributed by atoms with van der Waals surface area (Å²) in [6.07, 6.45) is 6.85. The Hall–Kier alpha value is -3.60. The van der Waals surface area contributed by atoms with E-state index in [4.69, 9.17) is 11.2 Å². The number of hydrogen-bond acceptors (Lipinski definition) is 5. The summed E-state index contributed by atoms with van der Waals surface area (Å²) in [7, 11) is 0. The Kier molecular flexibility index (Phi) is 6.55. The number of nitrogens with zero attached hydrogens (tertiary/aromatic N) is 2. The molecule has 0 spiro atoms. The van der Waals surface area contributed by atoms with Crippen molar-refractivity contribution in [2.75, 3.05) is 18.1 Å². The molecule has 0 radical (unpaired) electrons. The zero-order valence-electron chi connectivity index (χ0n) is 17.7. The second kappa shape index (κ2) is 9.69. The van der Waals surface area contributed by atoms with Crippen LogP contribution in [-0.2, 0) is 16.1 Å².